The van der Waals surface area contributed by atoms with Crippen LogP contribution in [0.2, 0.25) is 0 Å². The third kappa shape index (κ3) is 4.51. The summed E-state index contributed by atoms with van der Waals surface area (Å²) in [5, 5.41) is 0. The molecule has 4 nitrogen and oxygen atoms in total. The van der Waals surface area contributed by atoms with E-state index in [2.05, 4.69) is 12.1 Å². The van der Waals surface area contributed by atoms with Crippen LogP contribution in [0.25, 0.3) is 0 Å². The third-order valence-corrected chi connectivity index (χ3v) is 4.93. The Morgan fingerprint density at radius 3 is 2.38 bits per heavy atom. The fourth-order valence-corrected chi connectivity index (χ4v) is 3.34. The van der Waals surface area contributed by atoms with Crippen LogP contribution < -0.4 is 0 Å². The van der Waals surface area contributed by atoms with Crippen molar-refractivity contribution in [1.29, 1.82) is 0 Å². The second-order valence-electron chi connectivity index (χ2n) is 6.74. The Morgan fingerprint density at radius 1 is 1.04 bits per heavy atom. The minimum atomic E-state index is 0.0623. The van der Waals surface area contributed by atoms with E-state index in [0.717, 1.165) is 24.9 Å². The van der Waals surface area contributed by atoms with Crippen molar-refractivity contribution in [3.8, 4) is 0 Å². The van der Waals surface area contributed by atoms with E-state index in [1.165, 1.54) is 5.56 Å². The fourth-order valence-electron chi connectivity index (χ4n) is 3.34. The smallest absolute Gasteiger partial charge is 0.253 e. The van der Waals surface area contributed by atoms with Gasteiger partial charge in [0.05, 0.1) is 0 Å². The van der Waals surface area contributed by atoms with Gasteiger partial charge in [-0.2, -0.15) is 0 Å². The van der Waals surface area contributed by atoms with Crippen LogP contribution in [-0.2, 0) is 17.8 Å². The minimum absolute atomic E-state index is 0.0623. The van der Waals surface area contributed by atoms with Crippen LogP contribution in [0.1, 0.15) is 41.3 Å². The summed E-state index contributed by atoms with van der Waals surface area (Å²) in [7, 11) is 0. The maximum Gasteiger partial charge on any atom is 0.253 e. The molecule has 4 heteroatoms. The van der Waals surface area contributed by atoms with Gasteiger partial charge in [-0.3, -0.25) is 9.59 Å². The average Bonchev–Trinajstić information content (AvgIpc) is 3.08. The summed E-state index contributed by atoms with van der Waals surface area (Å²) in [6.07, 6.45) is 2.46. The minimum Gasteiger partial charge on any atom is -0.339 e. The van der Waals surface area contributed by atoms with Crippen molar-refractivity contribution in [2.24, 2.45) is 0 Å². The van der Waals surface area contributed by atoms with Crippen molar-refractivity contribution >= 4 is 11.8 Å². The summed E-state index contributed by atoms with van der Waals surface area (Å²) in [5.74, 6) is 0.287. The lowest BCUT2D eigenvalue weighted by atomic mass is 10.1. The van der Waals surface area contributed by atoms with Crippen LogP contribution in [0.5, 0.6) is 0 Å². The SMILES string of the molecule is CCN(CCc1ccccc1)C(=O)c1ccc(CN2CCCC2=O)cc1. The van der Waals surface area contributed by atoms with E-state index in [9.17, 15) is 9.59 Å². The highest BCUT2D eigenvalue weighted by Gasteiger charge is 2.20. The van der Waals surface area contributed by atoms with Crippen LogP contribution in [0, 0.1) is 0 Å². The number of nitrogens with zero attached hydrogens (tertiary/aromatic N) is 2. The van der Waals surface area contributed by atoms with E-state index in [1.807, 2.05) is 59.2 Å². The second kappa shape index (κ2) is 8.65. The van der Waals surface area contributed by atoms with E-state index in [0.29, 0.717) is 31.6 Å². The van der Waals surface area contributed by atoms with Gasteiger partial charge in [0.15, 0.2) is 0 Å². The van der Waals surface area contributed by atoms with Crippen molar-refractivity contribution in [2.75, 3.05) is 19.6 Å². The molecule has 0 spiro atoms. The van der Waals surface area contributed by atoms with Crippen molar-refractivity contribution in [3.63, 3.8) is 0 Å². The topological polar surface area (TPSA) is 40.6 Å². The first-order valence-electron chi connectivity index (χ1n) is 9.37. The fraction of sp³-hybridized carbons (Fsp3) is 0.364. The summed E-state index contributed by atoms with van der Waals surface area (Å²) in [4.78, 5) is 28.3. The van der Waals surface area contributed by atoms with Crippen LogP contribution in [0.3, 0.4) is 0 Å². The Kier molecular flexibility index (Phi) is 6.05. The van der Waals surface area contributed by atoms with E-state index in [-0.39, 0.29) is 11.8 Å². The van der Waals surface area contributed by atoms with E-state index in [4.69, 9.17) is 0 Å². The molecule has 136 valence electrons. The Hall–Kier alpha value is -2.62. The number of benzene rings is 2. The normalized spacial score (nSPS) is 13.9. The lowest BCUT2D eigenvalue weighted by molar-refractivity contribution is -0.128. The number of amides is 2. The largest absolute Gasteiger partial charge is 0.339 e. The number of likely N-dealkylation sites (tertiary alicyclic amines) is 1. The highest BCUT2D eigenvalue weighted by molar-refractivity contribution is 5.94. The Morgan fingerprint density at radius 2 is 1.77 bits per heavy atom. The molecule has 0 radical (unpaired) electrons. The van der Waals surface area contributed by atoms with Crippen LogP contribution in [0.4, 0.5) is 0 Å². The number of hydrogen-bond acceptors (Lipinski definition) is 2. The molecule has 1 aliphatic heterocycles. The summed E-state index contributed by atoms with van der Waals surface area (Å²) in [6.45, 7) is 4.89. The average molecular weight is 350 g/mol. The Labute approximate surface area is 155 Å². The van der Waals surface area contributed by atoms with E-state index >= 15 is 0 Å². The van der Waals surface area contributed by atoms with Gasteiger partial charge in [-0.05, 0) is 43.0 Å². The summed E-state index contributed by atoms with van der Waals surface area (Å²) >= 11 is 0. The van der Waals surface area contributed by atoms with Crippen molar-refractivity contribution in [1.82, 2.24) is 9.80 Å². The molecule has 0 aromatic heterocycles. The van der Waals surface area contributed by atoms with E-state index in [1.54, 1.807) is 0 Å². The zero-order chi connectivity index (χ0) is 18.4. The van der Waals surface area contributed by atoms with Crippen molar-refractivity contribution in [3.05, 3.63) is 71.3 Å². The molecule has 1 fully saturated rings. The van der Waals surface area contributed by atoms with Crippen molar-refractivity contribution in [2.45, 2.75) is 32.7 Å². The van der Waals surface area contributed by atoms with Gasteiger partial charge >= 0.3 is 0 Å². The van der Waals surface area contributed by atoms with Gasteiger partial charge in [-0.15, -0.1) is 0 Å². The Balaban J connectivity index is 1.59. The maximum atomic E-state index is 12.8. The van der Waals surface area contributed by atoms with Gasteiger partial charge in [-0.1, -0.05) is 42.5 Å². The molecular formula is C22H26N2O2. The molecule has 2 aromatic rings. The number of hydrogen-bond donors (Lipinski definition) is 0. The molecule has 0 bridgehead atoms. The third-order valence-electron chi connectivity index (χ3n) is 4.93. The van der Waals surface area contributed by atoms with E-state index < -0.39 is 0 Å². The summed E-state index contributed by atoms with van der Waals surface area (Å²) < 4.78 is 0. The second-order valence-corrected chi connectivity index (χ2v) is 6.74. The first kappa shape index (κ1) is 18.2. The van der Waals surface area contributed by atoms with Gasteiger partial charge in [0.2, 0.25) is 5.91 Å². The first-order chi connectivity index (χ1) is 12.7. The predicted molar refractivity (Wildman–Crippen MR) is 103 cm³/mol. The first-order valence-corrected chi connectivity index (χ1v) is 9.37. The van der Waals surface area contributed by atoms with Gasteiger partial charge in [-0.25, -0.2) is 0 Å². The van der Waals surface area contributed by atoms with Gasteiger partial charge in [0.1, 0.15) is 0 Å². The highest BCUT2D eigenvalue weighted by atomic mass is 16.2. The van der Waals surface area contributed by atoms with Gasteiger partial charge in [0.25, 0.3) is 5.91 Å². The molecule has 0 aliphatic carbocycles. The standard InChI is InChI=1S/C22H26N2O2/c1-2-23(16-14-18-7-4-3-5-8-18)22(26)20-12-10-19(11-13-20)17-24-15-6-9-21(24)25/h3-5,7-8,10-13H,2,6,9,14-17H2,1H3. The zero-order valence-electron chi connectivity index (χ0n) is 15.4. The molecule has 2 aromatic carbocycles. The number of rotatable bonds is 7. The predicted octanol–water partition coefficient (Wildman–Crippen LogP) is 3.51. The van der Waals surface area contributed by atoms with Crippen LogP contribution in [0.15, 0.2) is 54.6 Å². The monoisotopic (exact) mass is 350 g/mol. The molecule has 1 heterocycles. The molecule has 1 aliphatic rings. The molecule has 0 saturated carbocycles. The molecule has 1 saturated heterocycles. The molecule has 3 rings (SSSR count). The van der Waals surface area contributed by atoms with Gasteiger partial charge in [0, 0.05) is 38.2 Å². The molecule has 0 atom stereocenters. The summed E-state index contributed by atoms with van der Waals surface area (Å²) in [5.41, 5.74) is 3.02. The lowest BCUT2D eigenvalue weighted by Gasteiger charge is -2.21. The zero-order valence-corrected chi connectivity index (χ0v) is 15.4. The molecule has 26 heavy (non-hydrogen) atoms. The lowest BCUT2D eigenvalue weighted by Crippen LogP contribution is -2.32. The van der Waals surface area contributed by atoms with Crippen LogP contribution in [-0.4, -0.2) is 41.2 Å². The molecule has 0 unspecified atom stereocenters. The highest BCUT2D eigenvalue weighted by Crippen LogP contribution is 2.15. The quantitative estimate of drug-likeness (QED) is 0.767. The Bertz CT molecular complexity index is 740. The van der Waals surface area contributed by atoms with Crippen LogP contribution >= 0.6 is 0 Å². The van der Waals surface area contributed by atoms with Crippen molar-refractivity contribution < 1.29 is 9.59 Å². The molecule has 2 amide bonds. The number of likely N-dealkylation sites (N-methyl/N-ethyl adjacent to an activating group) is 1. The molecule has 0 N–H and O–H groups in total. The van der Waals surface area contributed by atoms with Gasteiger partial charge < -0.3 is 9.80 Å². The summed E-state index contributed by atoms with van der Waals surface area (Å²) in [6, 6.07) is 17.9. The molecular weight excluding hydrogens is 324 g/mol. The maximum absolute atomic E-state index is 12.8. The number of carbonyl (C=O) groups is 2. The number of carbonyl (C=O) groups excluding carboxylic acids is 2.